The van der Waals surface area contributed by atoms with E-state index >= 15 is 0 Å². The molecule has 1 N–H and O–H groups in total. The Labute approximate surface area is 141 Å². The number of benzene rings is 1. The van der Waals surface area contributed by atoms with E-state index in [-0.39, 0.29) is 0 Å². The quantitative estimate of drug-likeness (QED) is 0.395. The Kier molecular flexibility index (Phi) is 9.96. The van der Waals surface area contributed by atoms with Crippen LogP contribution in [-0.4, -0.2) is 19.5 Å². The first kappa shape index (κ1) is 20.0. The maximum absolute atomic E-state index is 11.5. The van der Waals surface area contributed by atoms with Gasteiger partial charge in [0, 0.05) is 6.54 Å². The van der Waals surface area contributed by atoms with E-state index in [4.69, 9.17) is 0 Å². The van der Waals surface area contributed by atoms with Crippen molar-refractivity contribution >= 4 is 16.0 Å². The monoisotopic (exact) mass is 341 g/mol. The van der Waals surface area contributed by atoms with Crippen LogP contribution in [0.2, 0.25) is 0 Å². The smallest absolute Gasteiger partial charge is 0.269 e. The molecule has 0 aliphatic heterocycles. The zero-order valence-electron chi connectivity index (χ0n) is 14.3. The third-order valence-corrected chi connectivity index (χ3v) is 4.99. The Bertz CT molecular complexity index is 502. The number of hydrogen-bond acceptors (Lipinski definition) is 2. The highest BCUT2D eigenvalue weighted by Crippen LogP contribution is 2.18. The van der Waals surface area contributed by atoms with Gasteiger partial charge in [0.25, 0.3) is 0 Å². The SMILES string of the molecule is CCCCCCCCCCCCN(c1ccccc1)S(=O)(=O)O. The second-order valence-corrected chi connectivity index (χ2v) is 7.40. The topological polar surface area (TPSA) is 57.6 Å². The van der Waals surface area contributed by atoms with Crippen LogP contribution in [0.5, 0.6) is 0 Å². The van der Waals surface area contributed by atoms with Crippen molar-refractivity contribution in [1.82, 2.24) is 0 Å². The minimum atomic E-state index is -4.19. The second-order valence-electron chi connectivity index (χ2n) is 6.07. The van der Waals surface area contributed by atoms with Crippen LogP contribution in [0.4, 0.5) is 5.69 Å². The summed E-state index contributed by atoms with van der Waals surface area (Å²) in [4.78, 5) is 0. The summed E-state index contributed by atoms with van der Waals surface area (Å²) >= 11 is 0. The second kappa shape index (κ2) is 11.5. The summed E-state index contributed by atoms with van der Waals surface area (Å²) in [5, 5.41) is 0. The number of para-hydroxylation sites is 1. The zero-order valence-corrected chi connectivity index (χ0v) is 15.1. The lowest BCUT2D eigenvalue weighted by Crippen LogP contribution is -2.31. The van der Waals surface area contributed by atoms with Crippen molar-refractivity contribution in [2.45, 2.75) is 71.1 Å². The minimum absolute atomic E-state index is 0.333. The summed E-state index contributed by atoms with van der Waals surface area (Å²) in [6.07, 6.45) is 12.0. The van der Waals surface area contributed by atoms with E-state index in [0.717, 1.165) is 23.6 Å². The van der Waals surface area contributed by atoms with Gasteiger partial charge in [-0.25, -0.2) is 4.31 Å². The van der Waals surface area contributed by atoms with Crippen molar-refractivity contribution in [3.05, 3.63) is 30.3 Å². The van der Waals surface area contributed by atoms with Gasteiger partial charge in [0.2, 0.25) is 0 Å². The molecule has 0 atom stereocenters. The molecule has 0 unspecified atom stereocenters. The fourth-order valence-electron chi connectivity index (χ4n) is 2.71. The molecule has 0 bridgehead atoms. The van der Waals surface area contributed by atoms with Crippen LogP contribution >= 0.6 is 0 Å². The summed E-state index contributed by atoms with van der Waals surface area (Å²) in [5.74, 6) is 0. The Morgan fingerprint density at radius 1 is 0.826 bits per heavy atom. The van der Waals surface area contributed by atoms with Crippen LogP contribution in [0.3, 0.4) is 0 Å². The van der Waals surface area contributed by atoms with E-state index in [1.54, 1.807) is 24.3 Å². The van der Waals surface area contributed by atoms with Crippen LogP contribution in [0, 0.1) is 0 Å². The van der Waals surface area contributed by atoms with Gasteiger partial charge in [0.15, 0.2) is 0 Å². The number of anilines is 1. The number of rotatable bonds is 13. The molecule has 0 aliphatic rings. The van der Waals surface area contributed by atoms with Gasteiger partial charge >= 0.3 is 10.3 Å². The molecule has 0 radical (unpaired) electrons. The molecule has 5 heteroatoms. The van der Waals surface area contributed by atoms with E-state index in [1.165, 1.54) is 44.9 Å². The van der Waals surface area contributed by atoms with Crippen molar-refractivity contribution < 1.29 is 13.0 Å². The third-order valence-electron chi connectivity index (χ3n) is 4.04. The maximum Gasteiger partial charge on any atom is 0.359 e. The lowest BCUT2D eigenvalue weighted by molar-refractivity contribution is 0.475. The highest BCUT2D eigenvalue weighted by molar-refractivity contribution is 7.87. The normalized spacial score (nSPS) is 11.6. The number of nitrogens with zero attached hydrogens (tertiary/aromatic N) is 1. The van der Waals surface area contributed by atoms with Gasteiger partial charge in [-0.05, 0) is 18.6 Å². The molecule has 23 heavy (non-hydrogen) atoms. The first-order valence-corrected chi connectivity index (χ1v) is 10.3. The van der Waals surface area contributed by atoms with Gasteiger partial charge in [-0.15, -0.1) is 0 Å². The Hall–Kier alpha value is -1.07. The minimum Gasteiger partial charge on any atom is -0.269 e. The molecule has 0 amide bonds. The zero-order chi connectivity index (χ0) is 17.0. The average molecular weight is 342 g/mol. The Morgan fingerprint density at radius 3 is 1.78 bits per heavy atom. The van der Waals surface area contributed by atoms with E-state index in [2.05, 4.69) is 6.92 Å². The molecule has 1 rings (SSSR count). The summed E-state index contributed by atoms with van der Waals surface area (Å²) in [6, 6.07) is 8.76. The summed E-state index contributed by atoms with van der Waals surface area (Å²) in [5.41, 5.74) is 0.519. The van der Waals surface area contributed by atoms with Crippen LogP contribution in [0.25, 0.3) is 0 Å². The van der Waals surface area contributed by atoms with Crippen molar-refractivity contribution in [2.75, 3.05) is 10.8 Å². The van der Waals surface area contributed by atoms with Gasteiger partial charge in [0.05, 0.1) is 5.69 Å². The van der Waals surface area contributed by atoms with Gasteiger partial charge in [0.1, 0.15) is 0 Å². The van der Waals surface area contributed by atoms with Crippen molar-refractivity contribution in [2.24, 2.45) is 0 Å². The fraction of sp³-hybridized carbons (Fsp3) is 0.667. The van der Waals surface area contributed by atoms with Crippen LogP contribution < -0.4 is 4.31 Å². The molecule has 0 aromatic heterocycles. The van der Waals surface area contributed by atoms with Crippen LogP contribution in [-0.2, 0) is 10.3 Å². The molecule has 0 fully saturated rings. The fourth-order valence-corrected chi connectivity index (χ4v) is 3.46. The lowest BCUT2D eigenvalue weighted by atomic mass is 10.1. The first-order valence-electron chi connectivity index (χ1n) is 8.86. The van der Waals surface area contributed by atoms with Crippen LogP contribution in [0.1, 0.15) is 71.1 Å². The molecule has 132 valence electrons. The molecule has 0 spiro atoms. The van der Waals surface area contributed by atoms with E-state index < -0.39 is 10.3 Å². The highest BCUT2D eigenvalue weighted by Gasteiger charge is 2.18. The Morgan fingerprint density at radius 2 is 1.30 bits per heavy atom. The molecule has 1 aromatic carbocycles. The number of unbranched alkanes of at least 4 members (excludes halogenated alkanes) is 9. The van der Waals surface area contributed by atoms with Gasteiger partial charge < -0.3 is 0 Å². The predicted molar refractivity (Wildman–Crippen MR) is 97.2 cm³/mol. The summed E-state index contributed by atoms with van der Waals surface area (Å²) in [7, 11) is -4.19. The molecular weight excluding hydrogens is 310 g/mol. The molecule has 4 nitrogen and oxygen atoms in total. The summed E-state index contributed by atoms with van der Waals surface area (Å²) < 4.78 is 33.5. The summed E-state index contributed by atoms with van der Waals surface area (Å²) in [6.45, 7) is 2.56. The predicted octanol–water partition coefficient (Wildman–Crippen LogP) is 5.22. The van der Waals surface area contributed by atoms with Crippen molar-refractivity contribution in [3.63, 3.8) is 0 Å². The van der Waals surface area contributed by atoms with Gasteiger partial charge in [-0.1, -0.05) is 82.9 Å². The van der Waals surface area contributed by atoms with Gasteiger partial charge in [-0.2, -0.15) is 8.42 Å². The third kappa shape index (κ3) is 8.96. The van der Waals surface area contributed by atoms with Crippen molar-refractivity contribution in [3.8, 4) is 0 Å². The molecule has 0 saturated carbocycles. The first-order chi connectivity index (χ1) is 11.1. The van der Waals surface area contributed by atoms with Crippen LogP contribution in [0.15, 0.2) is 30.3 Å². The number of hydrogen-bond donors (Lipinski definition) is 1. The lowest BCUT2D eigenvalue weighted by Gasteiger charge is -2.20. The molecule has 0 heterocycles. The maximum atomic E-state index is 11.5. The Balaban J connectivity index is 2.20. The molecule has 0 saturated heterocycles. The van der Waals surface area contributed by atoms with E-state index in [9.17, 15) is 13.0 Å². The standard InChI is InChI=1S/C18H31NO3S/c1-2-3-4-5-6-7-8-9-10-14-17-19(23(20,21)22)18-15-12-11-13-16-18/h11-13,15-16H,2-10,14,17H2,1H3,(H,20,21,22). The van der Waals surface area contributed by atoms with Crippen molar-refractivity contribution in [1.29, 1.82) is 0 Å². The average Bonchev–Trinajstić information content (AvgIpc) is 2.52. The molecular formula is C18H31NO3S. The largest absolute Gasteiger partial charge is 0.359 e. The highest BCUT2D eigenvalue weighted by atomic mass is 32.2. The molecule has 0 aliphatic carbocycles. The van der Waals surface area contributed by atoms with E-state index in [1.807, 2.05) is 6.07 Å². The van der Waals surface area contributed by atoms with Gasteiger partial charge in [-0.3, -0.25) is 4.55 Å². The molecule has 1 aromatic rings. The van der Waals surface area contributed by atoms with E-state index in [0.29, 0.717) is 12.2 Å².